The second-order valence-electron chi connectivity index (χ2n) is 5.87. The summed E-state index contributed by atoms with van der Waals surface area (Å²) in [4.78, 5) is 4.13. The first-order valence-electron chi connectivity index (χ1n) is 7.96. The summed E-state index contributed by atoms with van der Waals surface area (Å²) in [6, 6.07) is 5.41. The first kappa shape index (κ1) is 19.5. The van der Waals surface area contributed by atoms with Crippen molar-refractivity contribution in [1.82, 2.24) is 4.98 Å². The van der Waals surface area contributed by atoms with E-state index >= 15 is 0 Å². The van der Waals surface area contributed by atoms with E-state index in [2.05, 4.69) is 11.6 Å². The number of aromatic nitrogens is 1. The van der Waals surface area contributed by atoms with Gasteiger partial charge in [0.1, 0.15) is 26.5 Å². The summed E-state index contributed by atoms with van der Waals surface area (Å²) in [5.74, 6) is 1.25. The van der Waals surface area contributed by atoms with Gasteiger partial charge in [-0.25, -0.2) is 13.4 Å². The lowest BCUT2D eigenvalue weighted by Crippen LogP contribution is -2.17. The molecule has 0 fully saturated rings. The van der Waals surface area contributed by atoms with Crippen LogP contribution in [0.25, 0.3) is 16.5 Å². The van der Waals surface area contributed by atoms with E-state index in [4.69, 9.17) is 21.1 Å². The Labute approximate surface area is 153 Å². The fraction of sp³-hybridized carbons (Fsp3) is 0.389. The Morgan fingerprint density at radius 1 is 1.36 bits per heavy atom. The fourth-order valence-electron chi connectivity index (χ4n) is 2.44. The summed E-state index contributed by atoms with van der Waals surface area (Å²) in [5, 5.41) is 1.96. The maximum Gasteiger partial charge on any atom is 0.147 e. The number of rotatable bonds is 8. The van der Waals surface area contributed by atoms with E-state index in [9.17, 15) is 8.42 Å². The predicted molar refractivity (Wildman–Crippen MR) is 102 cm³/mol. The standard InChI is InChI=1S/C18H22ClNO4S/c1-5-23-13(3)14-6-7-17(16-11-20-18(19)10-15(14)16)24-12(2)8-9-25(4,21)22/h6-7,10-12H,3,5,8-9H2,1-2,4H3. The molecule has 0 amide bonds. The Hall–Kier alpha value is -1.79. The molecule has 0 saturated heterocycles. The van der Waals surface area contributed by atoms with Gasteiger partial charge in [0.05, 0.1) is 18.5 Å². The van der Waals surface area contributed by atoms with Gasteiger partial charge in [-0.15, -0.1) is 0 Å². The number of pyridine rings is 1. The normalized spacial score (nSPS) is 12.8. The van der Waals surface area contributed by atoms with Crippen molar-refractivity contribution in [2.45, 2.75) is 26.4 Å². The van der Waals surface area contributed by atoms with Gasteiger partial charge in [-0.1, -0.05) is 18.2 Å². The number of sulfone groups is 1. The molecule has 0 aliphatic carbocycles. The molecule has 25 heavy (non-hydrogen) atoms. The lowest BCUT2D eigenvalue weighted by atomic mass is 10.0. The van der Waals surface area contributed by atoms with Gasteiger partial charge in [0.2, 0.25) is 0 Å². The SMILES string of the molecule is C=C(OCC)c1ccc(OC(C)CCS(C)(=O)=O)c2cnc(Cl)cc12. The molecule has 5 nitrogen and oxygen atoms in total. The minimum absolute atomic E-state index is 0.0788. The summed E-state index contributed by atoms with van der Waals surface area (Å²) in [5.41, 5.74) is 0.817. The van der Waals surface area contributed by atoms with Gasteiger partial charge in [0.15, 0.2) is 0 Å². The summed E-state index contributed by atoms with van der Waals surface area (Å²) >= 11 is 6.04. The highest BCUT2D eigenvalue weighted by molar-refractivity contribution is 7.90. The van der Waals surface area contributed by atoms with E-state index in [0.717, 1.165) is 16.3 Å². The minimum Gasteiger partial charge on any atom is -0.494 e. The van der Waals surface area contributed by atoms with Crippen molar-refractivity contribution in [3.63, 3.8) is 0 Å². The molecule has 0 aliphatic rings. The highest BCUT2D eigenvalue weighted by Gasteiger charge is 2.15. The Morgan fingerprint density at radius 3 is 2.72 bits per heavy atom. The van der Waals surface area contributed by atoms with Gasteiger partial charge in [-0.05, 0) is 38.5 Å². The second kappa shape index (κ2) is 8.06. The van der Waals surface area contributed by atoms with Crippen LogP contribution in [0.15, 0.2) is 31.0 Å². The highest BCUT2D eigenvalue weighted by atomic mass is 35.5. The molecule has 1 aromatic carbocycles. The van der Waals surface area contributed by atoms with Crippen molar-refractivity contribution in [2.75, 3.05) is 18.6 Å². The van der Waals surface area contributed by atoms with Crippen LogP contribution in [0.2, 0.25) is 5.15 Å². The molecule has 1 heterocycles. The van der Waals surface area contributed by atoms with Crippen molar-refractivity contribution in [3.8, 4) is 5.75 Å². The molecule has 0 saturated carbocycles. The van der Waals surface area contributed by atoms with Crippen molar-refractivity contribution < 1.29 is 17.9 Å². The first-order valence-corrected chi connectivity index (χ1v) is 10.4. The predicted octanol–water partition coefficient (Wildman–Crippen LogP) is 4.10. The van der Waals surface area contributed by atoms with Gasteiger partial charge in [0, 0.05) is 28.8 Å². The Kier molecular flexibility index (Phi) is 6.30. The summed E-state index contributed by atoms with van der Waals surface area (Å²) in [7, 11) is -3.02. The molecule has 0 bridgehead atoms. The smallest absolute Gasteiger partial charge is 0.147 e. The summed E-state index contributed by atoms with van der Waals surface area (Å²) in [6.07, 6.45) is 3.01. The van der Waals surface area contributed by atoms with Crippen LogP contribution in [0, 0.1) is 0 Å². The van der Waals surface area contributed by atoms with Gasteiger partial charge >= 0.3 is 0 Å². The average molecular weight is 384 g/mol. The van der Waals surface area contributed by atoms with Crippen LogP contribution in [-0.2, 0) is 14.6 Å². The number of hydrogen-bond donors (Lipinski definition) is 0. The van der Waals surface area contributed by atoms with Crippen LogP contribution in [0.4, 0.5) is 0 Å². The molecule has 1 aromatic heterocycles. The van der Waals surface area contributed by atoms with Crippen LogP contribution >= 0.6 is 11.6 Å². The van der Waals surface area contributed by atoms with Crippen molar-refractivity contribution >= 4 is 38.0 Å². The zero-order valence-electron chi connectivity index (χ0n) is 14.6. The number of hydrogen-bond acceptors (Lipinski definition) is 5. The monoisotopic (exact) mass is 383 g/mol. The molecule has 1 atom stereocenters. The lowest BCUT2D eigenvalue weighted by molar-refractivity contribution is 0.221. The first-order chi connectivity index (χ1) is 11.7. The van der Waals surface area contributed by atoms with Gasteiger partial charge in [-0.3, -0.25) is 0 Å². The van der Waals surface area contributed by atoms with E-state index in [1.807, 2.05) is 26.0 Å². The molecule has 2 rings (SSSR count). The highest BCUT2D eigenvalue weighted by Crippen LogP contribution is 2.33. The number of halogens is 1. The molecular weight excluding hydrogens is 362 g/mol. The van der Waals surface area contributed by atoms with E-state index in [1.165, 1.54) is 6.26 Å². The summed E-state index contributed by atoms with van der Waals surface area (Å²) in [6.45, 7) is 8.19. The van der Waals surface area contributed by atoms with Crippen molar-refractivity contribution in [2.24, 2.45) is 0 Å². The maximum absolute atomic E-state index is 11.3. The van der Waals surface area contributed by atoms with Crippen LogP contribution in [0.3, 0.4) is 0 Å². The topological polar surface area (TPSA) is 65.5 Å². The lowest BCUT2D eigenvalue weighted by Gasteiger charge is -2.18. The van der Waals surface area contributed by atoms with Gasteiger partial charge < -0.3 is 9.47 Å². The van der Waals surface area contributed by atoms with Crippen LogP contribution in [0.5, 0.6) is 5.75 Å². The summed E-state index contributed by atoms with van der Waals surface area (Å²) < 4.78 is 34.1. The van der Waals surface area contributed by atoms with Crippen molar-refractivity contribution in [1.29, 1.82) is 0 Å². The maximum atomic E-state index is 11.3. The van der Waals surface area contributed by atoms with E-state index in [-0.39, 0.29) is 11.9 Å². The van der Waals surface area contributed by atoms with Gasteiger partial charge in [-0.2, -0.15) is 0 Å². The number of fused-ring (bicyclic) bond motifs is 1. The second-order valence-corrected chi connectivity index (χ2v) is 8.51. The van der Waals surface area contributed by atoms with Crippen LogP contribution in [0.1, 0.15) is 25.8 Å². The van der Waals surface area contributed by atoms with Crippen LogP contribution in [-0.4, -0.2) is 38.1 Å². The molecule has 2 aromatic rings. The number of nitrogens with zero attached hydrogens (tertiary/aromatic N) is 1. The van der Waals surface area contributed by atoms with E-state index in [1.54, 1.807) is 12.3 Å². The molecule has 0 spiro atoms. The minimum atomic E-state index is -3.02. The van der Waals surface area contributed by atoms with Crippen molar-refractivity contribution in [3.05, 3.63) is 41.7 Å². The molecule has 0 N–H and O–H groups in total. The zero-order valence-corrected chi connectivity index (χ0v) is 16.2. The zero-order chi connectivity index (χ0) is 18.6. The van der Waals surface area contributed by atoms with E-state index < -0.39 is 9.84 Å². The van der Waals surface area contributed by atoms with E-state index in [0.29, 0.717) is 29.7 Å². The Bertz CT molecular complexity index is 880. The average Bonchev–Trinajstić information content (AvgIpc) is 2.52. The number of benzene rings is 1. The third kappa shape index (κ3) is 5.34. The third-order valence-corrected chi connectivity index (χ3v) is 4.85. The Morgan fingerprint density at radius 2 is 2.08 bits per heavy atom. The van der Waals surface area contributed by atoms with Gasteiger partial charge in [0.25, 0.3) is 0 Å². The molecular formula is C18H22ClNO4S. The quantitative estimate of drug-likeness (QED) is 0.507. The van der Waals surface area contributed by atoms with Crippen LogP contribution < -0.4 is 4.74 Å². The molecule has 7 heteroatoms. The largest absolute Gasteiger partial charge is 0.494 e. The molecule has 136 valence electrons. The number of ether oxygens (including phenoxy) is 2. The fourth-order valence-corrected chi connectivity index (χ4v) is 3.36. The molecule has 0 aliphatic heterocycles. The Balaban J connectivity index is 2.36. The molecule has 0 radical (unpaired) electrons. The third-order valence-electron chi connectivity index (χ3n) is 3.67. The molecule has 1 unspecified atom stereocenters.